The van der Waals surface area contributed by atoms with Gasteiger partial charge >= 0.3 is 0 Å². The number of nitrogen functional groups attached to an aromatic ring is 1. The van der Waals surface area contributed by atoms with E-state index in [1.807, 2.05) is 49.4 Å². The smallest absolute Gasteiger partial charge is 0.231 e. The minimum absolute atomic E-state index is 0.235. The molecule has 126 valence electrons. The molecule has 2 aromatic carbocycles. The van der Waals surface area contributed by atoms with E-state index in [1.165, 1.54) is 11.9 Å². The van der Waals surface area contributed by atoms with Gasteiger partial charge in [-0.3, -0.25) is 0 Å². The molecule has 1 aliphatic rings. The highest BCUT2D eigenvalue weighted by Gasteiger charge is 2.14. The van der Waals surface area contributed by atoms with Crippen LogP contribution in [0, 0.1) is 6.92 Å². The highest BCUT2D eigenvalue weighted by Crippen LogP contribution is 2.36. The van der Waals surface area contributed by atoms with Gasteiger partial charge in [-0.2, -0.15) is 0 Å². The summed E-state index contributed by atoms with van der Waals surface area (Å²) in [5.74, 6) is 2.48. The van der Waals surface area contributed by atoms with Crippen LogP contribution < -0.4 is 25.8 Å². The quantitative estimate of drug-likeness (QED) is 0.671. The van der Waals surface area contributed by atoms with Crippen LogP contribution >= 0.6 is 0 Å². The summed E-state index contributed by atoms with van der Waals surface area (Å²) in [7, 11) is 0. The Morgan fingerprint density at radius 3 is 2.28 bits per heavy atom. The van der Waals surface area contributed by atoms with Crippen LogP contribution in [0.25, 0.3) is 0 Å². The van der Waals surface area contributed by atoms with E-state index in [4.69, 9.17) is 15.2 Å². The molecule has 4 N–H and O–H groups in total. The Balaban J connectivity index is 1.57. The van der Waals surface area contributed by atoms with Crippen LogP contribution in [0.15, 0.2) is 48.8 Å². The van der Waals surface area contributed by atoms with Crippen molar-refractivity contribution in [3.05, 3.63) is 54.4 Å². The fraction of sp³-hybridized carbons (Fsp3) is 0.111. The Bertz CT molecular complexity index is 912. The maximum Gasteiger partial charge on any atom is 0.231 e. The van der Waals surface area contributed by atoms with Crippen molar-refractivity contribution >= 4 is 28.7 Å². The third-order valence-corrected chi connectivity index (χ3v) is 3.83. The van der Waals surface area contributed by atoms with E-state index in [9.17, 15) is 0 Å². The molecule has 2 heterocycles. The van der Waals surface area contributed by atoms with E-state index in [0.717, 1.165) is 17.1 Å². The van der Waals surface area contributed by atoms with E-state index in [2.05, 4.69) is 20.6 Å². The summed E-state index contributed by atoms with van der Waals surface area (Å²) < 4.78 is 10.7. The first kappa shape index (κ1) is 15.1. The van der Waals surface area contributed by atoms with Gasteiger partial charge in [-0.25, -0.2) is 9.97 Å². The van der Waals surface area contributed by atoms with E-state index < -0.39 is 0 Å². The minimum Gasteiger partial charge on any atom is -0.454 e. The molecule has 0 unspecified atom stereocenters. The van der Waals surface area contributed by atoms with E-state index in [1.54, 1.807) is 0 Å². The fourth-order valence-electron chi connectivity index (χ4n) is 2.48. The molecule has 1 aliphatic heterocycles. The van der Waals surface area contributed by atoms with Crippen molar-refractivity contribution < 1.29 is 9.47 Å². The predicted molar refractivity (Wildman–Crippen MR) is 96.8 cm³/mol. The number of nitrogens with two attached hydrogens (primary N) is 1. The molecule has 4 rings (SSSR count). The summed E-state index contributed by atoms with van der Waals surface area (Å²) in [5.41, 5.74) is 9.54. The van der Waals surface area contributed by atoms with Gasteiger partial charge in [0.2, 0.25) is 6.79 Å². The maximum atomic E-state index is 6.22. The van der Waals surface area contributed by atoms with Gasteiger partial charge in [-0.05, 0) is 31.2 Å². The fourth-order valence-corrected chi connectivity index (χ4v) is 2.48. The highest BCUT2D eigenvalue weighted by atomic mass is 16.7. The molecule has 0 spiro atoms. The number of benzene rings is 2. The molecule has 0 saturated carbocycles. The molecule has 0 amide bonds. The van der Waals surface area contributed by atoms with Gasteiger partial charge in [-0.1, -0.05) is 17.7 Å². The van der Waals surface area contributed by atoms with Gasteiger partial charge in [-0.15, -0.1) is 0 Å². The van der Waals surface area contributed by atoms with Gasteiger partial charge in [0.1, 0.15) is 12.0 Å². The molecule has 7 nitrogen and oxygen atoms in total. The first-order valence-corrected chi connectivity index (χ1v) is 7.80. The summed E-state index contributed by atoms with van der Waals surface area (Å²) >= 11 is 0. The Morgan fingerprint density at radius 1 is 0.880 bits per heavy atom. The normalized spacial score (nSPS) is 12.0. The maximum absolute atomic E-state index is 6.22. The largest absolute Gasteiger partial charge is 0.454 e. The molecule has 0 saturated heterocycles. The molecule has 3 aromatic rings. The monoisotopic (exact) mass is 335 g/mol. The molecule has 0 radical (unpaired) electrons. The standard InChI is InChI=1S/C18H17N5O2/c1-11-2-4-12(5-3-11)22-17-16(19)18(21-9-20-17)23-13-6-7-14-15(8-13)25-10-24-14/h2-9H,10,19H2,1H3,(H2,20,21,22,23). The second kappa shape index (κ2) is 6.20. The predicted octanol–water partition coefficient (Wildman–Crippen LogP) is 3.58. The minimum atomic E-state index is 0.235. The molecular formula is C18H17N5O2. The summed E-state index contributed by atoms with van der Waals surface area (Å²) in [4.78, 5) is 8.45. The van der Waals surface area contributed by atoms with Gasteiger partial charge in [0.05, 0.1) is 0 Å². The number of aromatic nitrogens is 2. The average molecular weight is 335 g/mol. The SMILES string of the molecule is Cc1ccc(Nc2ncnc(Nc3ccc4c(c3)OCO4)c2N)cc1. The number of ether oxygens (including phenoxy) is 2. The van der Waals surface area contributed by atoms with Gasteiger partial charge in [0.25, 0.3) is 0 Å². The highest BCUT2D eigenvalue weighted by molar-refractivity contribution is 5.80. The van der Waals surface area contributed by atoms with Crippen molar-refractivity contribution in [2.75, 3.05) is 23.2 Å². The topological polar surface area (TPSA) is 94.3 Å². The Morgan fingerprint density at radius 2 is 1.52 bits per heavy atom. The average Bonchev–Trinajstić information content (AvgIpc) is 3.08. The summed E-state index contributed by atoms with van der Waals surface area (Å²) in [5, 5.41) is 6.39. The zero-order chi connectivity index (χ0) is 17.2. The summed E-state index contributed by atoms with van der Waals surface area (Å²) in [6, 6.07) is 13.5. The third kappa shape index (κ3) is 3.12. The van der Waals surface area contributed by atoms with E-state index in [-0.39, 0.29) is 6.79 Å². The molecule has 7 heteroatoms. The van der Waals surface area contributed by atoms with Crippen LogP contribution in [-0.4, -0.2) is 16.8 Å². The molecule has 1 aromatic heterocycles. The van der Waals surface area contributed by atoms with Crippen LogP contribution in [0.3, 0.4) is 0 Å². The number of rotatable bonds is 4. The van der Waals surface area contributed by atoms with Crippen LogP contribution in [0.2, 0.25) is 0 Å². The lowest BCUT2D eigenvalue weighted by atomic mass is 10.2. The first-order chi connectivity index (χ1) is 12.2. The van der Waals surface area contributed by atoms with Gasteiger partial charge < -0.3 is 25.8 Å². The van der Waals surface area contributed by atoms with Crippen LogP contribution in [0.1, 0.15) is 5.56 Å². The van der Waals surface area contributed by atoms with Crippen LogP contribution in [0.4, 0.5) is 28.7 Å². The number of fused-ring (bicyclic) bond motifs is 1. The number of hydrogen-bond donors (Lipinski definition) is 3. The van der Waals surface area contributed by atoms with Crippen LogP contribution in [-0.2, 0) is 0 Å². The van der Waals surface area contributed by atoms with E-state index in [0.29, 0.717) is 23.1 Å². The second-order valence-electron chi connectivity index (χ2n) is 5.67. The molecule has 0 atom stereocenters. The van der Waals surface area contributed by atoms with Crippen molar-refractivity contribution in [2.24, 2.45) is 0 Å². The Labute approximate surface area is 144 Å². The second-order valence-corrected chi connectivity index (χ2v) is 5.67. The van der Waals surface area contributed by atoms with Crippen LogP contribution in [0.5, 0.6) is 11.5 Å². The number of nitrogens with one attached hydrogen (secondary N) is 2. The lowest BCUT2D eigenvalue weighted by Gasteiger charge is -2.13. The van der Waals surface area contributed by atoms with Crippen molar-refractivity contribution in [2.45, 2.75) is 6.92 Å². The number of nitrogens with zero attached hydrogens (tertiary/aromatic N) is 2. The molecule has 25 heavy (non-hydrogen) atoms. The number of anilines is 5. The summed E-state index contributed by atoms with van der Waals surface area (Å²) in [6.07, 6.45) is 1.46. The molecule has 0 bridgehead atoms. The Kier molecular flexibility index (Phi) is 3.74. The molecule has 0 fully saturated rings. The lowest BCUT2D eigenvalue weighted by molar-refractivity contribution is 0.174. The number of aryl methyl sites for hydroxylation is 1. The molecular weight excluding hydrogens is 318 g/mol. The lowest BCUT2D eigenvalue weighted by Crippen LogP contribution is -2.05. The van der Waals surface area contributed by atoms with Gasteiger partial charge in [0.15, 0.2) is 23.1 Å². The zero-order valence-electron chi connectivity index (χ0n) is 13.6. The zero-order valence-corrected chi connectivity index (χ0v) is 13.6. The van der Waals surface area contributed by atoms with Crippen molar-refractivity contribution in [3.8, 4) is 11.5 Å². The molecule has 0 aliphatic carbocycles. The third-order valence-electron chi connectivity index (χ3n) is 3.83. The van der Waals surface area contributed by atoms with Gasteiger partial charge in [0, 0.05) is 17.4 Å². The Hall–Kier alpha value is -3.48. The first-order valence-electron chi connectivity index (χ1n) is 7.80. The summed E-state index contributed by atoms with van der Waals surface area (Å²) in [6.45, 7) is 2.27. The van der Waals surface area contributed by atoms with Crippen molar-refractivity contribution in [1.29, 1.82) is 0 Å². The van der Waals surface area contributed by atoms with Crippen molar-refractivity contribution in [1.82, 2.24) is 9.97 Å². The van der Waals surface area contributed by atoms with E-state index >= 15 is 0 Å². The van der Waals surface area contributed by atoms with Crippen molar-refractivity contribution in [3.63, 3.8) is 0 Å². The number of hydrogen-bond acceptors (Lipinski definition) is 7.